The molecule has 8 heteroatoms. The molecule has 2 heterocycles. The second-order valence-corrected chi connectivity index (χ2v) is 8.32. The second-order valence-electron chi connectivity index (χ2n) is 7.37. The molecule has 0 aliphatic heterocycles. The molecule has 0 unspecified atom stereocenters. The third-order valence-corrected chi connectivity index (χ3v) is 5.90. The van der Waals surface area contributed by atoms with Crippen LogP contribution in [0.4, 0.5) is 11.4 Å². The van der Waals surface area contributed by atoms with Crippen molar-refractivity contribution in [2.24, 2.45) is 0 Å². The van der Waals surface area contributed by atoms with Gasteiger partial charge in [0.1, 0.15) is 0 Å². The van der Waals surface area contributed by atoms with Crippen LogP contribution in [0.3, 0.4) is 0 Å². The van der Waals surface area contributed by atoms with Crippen molar-refractivity contribution in [2.45, 2.75) is 0 Å². The first kappa shape index (κ1) is 21.3. The highest BCUT2D eigenvalue weighted by Crippen LogP contribution is 2.23. The molecule has 0 saturated carbocycles. The molecule has 2 N–H and O–H groups in total. The molecule has 166 valence electrons. The second kappa shape index (κ2) is 9.13. The highest BCUT2D eigenvalue weighted by Gasteiger charge is 2.12. The number of nitrogens with zero attached hydrogens (tertiary/aromatic N) is 1. The molecule has 2 aromatic heterocycles. The third kappa shape index (κ3) is 4.48. The monoisotopic (exact) mass is 467 g/mol. The van der Waals surface area contributed by atoms with Gasteiger partial charge in [-0.3, -0.25) is 9.59 Å². The van der Waals surface area contributed by atoms with E-state index in [9.17, 15) is 14.4 Å². The van der Waals surface area contributed by atoms with Gasteiger partial charge in [-0.1, -0.05) is 30.3 Å². The van der Waals surface area contributed by atoms with Gasteiger partial charge in [0.05, 0.1) is 15.8 Å². The highest BCUT2D eigenvalue weighted by molar-refractivity contribution is 7.12. The summed E-state index contributed by atoms with van der Waals surface area (Å²) in [6.45, 7) is 0. The maximum atomic E-state index is 12.8. The molecule has 0 atom stereocenters. The van der Waals surface area contributed by atoms with Gasteiger partial charge in [0, 0.05) is 22.5 Å². The zero-order chi connectivity index (χ0) is 23.5. The Morgan fingerprint density at radius 2 is 1.56 bits per heavy atom. The normalized spacial score (nSPS) is 10.7. The molecule has 0 aliphatic rings. The number of rotatable bonds is 5. The van der Waals surface area contributed by atoms with Crippen molar-refractivity contribution in [1.82, 2.24) is 4.98 Å². The van der Waals surface area contributed by atoms with E-state index in [1.807, 2.05) is 5.38 Å². The van der Waals surface area contributed by atoms with E-state index in [1.54, 1.807) is 84.9 Å². The van der Waals surface area contributed by atoms with E-state index in [4.69, 9.17) is 4.42 Å². The molecule has 0 spiro atoms. The van der Waals surface area contributed by atoms with Gasteiger partial charge >= 0.3 is 5.63 Å². The van der Waals surface area contributed by atoms with Gasteiger partial charge in [-0.2, -0.15) is 0 Å². The molecular formula is C26H17N3O4S. The smallest absolute Gasteiger partial charge is 0.347 e. The van der Waals surface area contributed by atoms with E-state index in [-0.39, 0.29) is 17.7 Å². The molecule has 5 aromatic rings. The molecule has 5 rings (SSSR count). The lowest BCUT2D eigenvalue weighted by Crippen LogP contribution is -2.14. The number of thiophene rings is 1. The summed E-state index contributed by atoms with van der Waals surface area (Å²) >= 11 is 1.34. The molecule has 0 radical (unpaired) electrons. The Bertz CT molecular complexity index is 1570. The van der Waals surface area contributed by atoms with Crippen LogP contribution in [-0.4, -0.2) is 16.8 Å². The predicted octanol–water partition coefficient (Wildman–Crippen LogP) is 5.42. The minimum Gasteiger partial charge on any atom is -0.403 e. The summed E-state index contributed by atoms with van der Waals surface area (Å²) in [6, 6.07) is 24.0. The SMILES string of the molecule is O=C(Nc1cccc(-c2nc3ccccc3c(=O)o2)c1)c1cccc(NC(=O)c2cccs2)c1. The van der Waals surface area contributed by atoms with E-state index in [1.165, 1.54) is 11.3 Å². The highest BCUT2D eigenvalue weighted by atomic mass is 32.1. The van der Waals surface area contributed by atoms with E-state index in [2.05, 4.69) is 15.6 Å². The maximum Gasteiger partial charge on any atom is 0.347 e. The lowest BCUT2D eigenvalue weighted by Gasteiger charge is -2.09. The fraction of sp³-hybridized carbons (Fsp3) is 0. The zero-order valence-corrected chi connectivity index (χ0v) is 18.5. The quantitative estimate of drug-likeness (QED) is 0.359. The average molecular weight is 468 g/mol. The lowest BCUT2D eigenvalue weighted by atomic mass is 10.1. The van der Waals surface area contributed by atoms with Crippen LogP contribution in [0.1, 0.15) is 20.0 Å². The summed E-state index contributed by atoms with van der Waals surface area (Å²) in [5, 5.41) is 7.86. The summed E-state index contributed by atoms with van der Waals surface area (Å²) in [5.41, 5.74) is 2.01. The first-order valence-corrected chi connectivity index (χ1v) is 11.2. The molecule has 34 heavy (non-hydrogen) atoms. The van der Waals surface area contributed by atoms with Gasteiger partial charge < -0.3 is 15.1 Å². The van der Waals surface area contributed by atoms with Crippen molar-refractivity contribution in [3.8, 4) is 11.5 Å². The van der Waals surface area contributed by atoms with Crippen LogP contribution >= 0.6 is 11.3 Å². The van der Waals surface area contributed by atoms with Crippen LogP contribution in [0.15, 0.2) is 99.5 Å². The molecule has 0 fully saturated rings. The number of amides is 2. The summed E-state index contributed by atoms with van der Waals surface area (Å²) in [7, 11) is 0. The van der Waals surface area contributed by atoms with Crippen LogP contribution in [-0.2, 0) is 0 Å². The van der Waals surface area contributed by atoms with Gasteiger partial charge in [-0.15, -0.1) is 11.3 Å². The Balaban J connectivity index is 1.36. The molecule has 0 saturated heterocycles. The summed E-state index contributed by atoms with van der Waals surface area (Å²) in [5.74, 6) is -0.417. The number of hydrogen-bond donors (Lipinski definition) is 2. The standard InChI is InChI=1S/C26H17N3O4S/c30-23(16-6-3-8-18(14-16)28-24(31)22-12-5-13-34-22)27-19-9-4-7-17(15-19)25-29-21-11-2-1-10-20(21)26(32)33-25/h1-15H,(H,27,30)(H,28,31). The topological polar surface area (TPSA) is 101 Å². The van der Waals surface area contributed by atoms with Gasteiger partial charge in [-0.05, 0) is 60.0 Å². The fourth-order valence-corrected chi connectivity index (χ4v) is 4.03. The Morgan fingerprint density at radius 1 is 0.794 bits per heavy atom. The molecule has 0 bridgehead atoms. The van der Waals surface area contributed by atoms with E-state index < -0.39 is 5.63 Å². The van der Waals surface area contributed by atoms with Gasteiger partial charge in [0.25, 0.3) is 11.8 Å². The Hall–Kier alpha value is -4.56. The van der Waals surface area contributed by atoms with Crippen LogP contribution in [0.5, 0.6) is 0 Å². The summed E-state index contributed by atoms with van der Waals surface area (Å²) in [6.07, 6.45) is 0. The van der Waals surface area contributed by atoms with Gasteiger partial charge in [-0.25, -0.2) is 9.78 Å². The van der Waals surface area contributed by atoms with E-state index in [0.29, 0.717) is 38.3 Å². The van der Waals surface area contributed by atoms with Crippen molar-refractivity contribution in [1.29, 1.82) is 0 Å². The Morgan fingerprint density at radius 3 is 2.38 bits per heavy atom. The minimum atomic E-state index is -0.476. The molecule has 2 amide bonds. The van der Waals surface area contributed by atoms with Crippen LogP contribution in [0, 0.1) is 0 Å². The number of fused-ring (bicyclic) bond motifs is 1. The van der Waals surface area contributed by atoms with Crippen molar-refractivity contribution < 1.29 is 14.0 Å². The molecular weight excluding hydrogens is 450 g/mol. The van der Waals surface area contributed by atoms with Gasteiger partial charge in [0.15, 0.2) is 0 Å². The van der Waals surface area contributed by atoms with Crippen molar-refractivity contribution in [3.05, 3.63) is 111 Å². The number of carbonyl (C=O) groups excluding carboxylic acids is 2. The van der Waals surface area contributed by atoms with Gasteiger partial charge in [0.2, 0.25) is 5.89 Å². The number of anilines is 2. The molecule has 7 nitrogen and oxygen atoms in total. The van der Waals surface area contributed by atoms with Crippen LogP contribution in [0.25, 0.3) is 22.4 Å². The predicted molar refractivity (Wildman–Crippen MR) is 132 cm³/mol. The third-order valence-electron chi connectivity index (χ3n) is 5.03. The number of hydrogen-bond acceptors (Lipinski definition) is 6. The lowest BCUT2D eigenvalue weighted by molar-refractivity contribution is 0.101. The number of para-hydroxylation sites is 1. The average Bonchev–Trinajstić information content (AvgIpc) is 3.40. The first-order valence-electron chi connectivity index (χ1n) is 10.3. The number of benzene rings is 3. The maximum absolute atomic E-state index is 12.8. The molecule has 0 aliphatic carbocycles. The van der Waals surface area contributed by atoms with Crippen LogP contribution in [0.2, 0.25) is 0 Å². The van der Waals surface area contributed by atoms with Crippen molar-refractivity contribution >= 4 is 45.4 Å². The van der Waals surface area contributed by atoms with E-state index in [0.717, 1.165) is 0 Å². The first-order chi connectivity index (χ1) is 16.6. The van der Waals surface area contributed by atoms with E-state index >= 15 is 0 Å². The Kier molecular flexibility index (Phi) is 5.72. The van der Waals surface area contributed by atoms with Crippen molar-refractivity contribution in [2.75, 3.05) is 10.6 Å². The number of aromatic nitrogens is 1. The molecule has 3 aromatic carbocycles. The Labute approximate surface area is 197 Å². The summed E-state index contributed by atoms with van der Waals surface area (Å²) < 4.78 is 5.39. The van der Waals surface area contributed by atoms with Crippen LogP contribution < -0.4 is 16.3 Å². The fourth-order valence-electron chi connectivity index (χ4n) is 3.41. The zero-order valence-electron chi connectivity index (χ0n) is 17.6. The number of nitrogens with one attached hydrogen (secondary N) is 2. The van der Waals surface area contributed by atoms with Crippen molar-refractivity contribution in [3.63, 3.8) is 0 Å². The largest absolute Gasteiger partial charge is 0.403 e. The number of carbonyl (C=O) groups is 2. The minimum absolute atomic E-state index is 0.165. The summed E-state index contributed by atoms with van der Waals surface area (Å²) in [4.78, 5) is 42.4.